The highest BCUT2D eigenvalue weighted by molar-refractivity contribution is 7.09. The lowest BCUT2D eigenvalue weighted by Gasteiger charge is -2.13. The van der Waals surface area contributed by atoms with Gasteiger partial charge in [0.25, 0.3) is 5.91 Å². The Labute approximate surface area is 154 Å². The first-order valence-electron chi connectivity index (χ1n) is 7.90. The molecule has 0 aliphatic heterocycles. The molecule has 9 heteroatoms. The van der Waals surface area contributed by atoms with E-state index in [0.29, 0.717) is 22.3 Å². The highest BCUT2D eigenvalue weighted by atomic mass is 32.1. The van der Waals surface area contributed by atoms with Gasteiger partial charge < -0.3 is 25.9 Å². The highest BCUT2D eigenvalue weighted by Crippen LogP contribution is 2.22. The number of aromatic nitrogens is 3. The number of aliphatic hydroxyl groups excluding tert-OH is 1. The zero-order valence-corrected chi connectivity index (χ0v) is 14.9. The van der Waals surface area contributed by atoms with Crippen LogP contribution in [0.4, 0.5) is 0 Å². The van der Waals surface area contributed by atoms with Gasteiger partial charge >= 0.3 is 0 Å². The van der Waals surface area contributed by atoms with Gasteiger partial charge in [-0.05, 0) is 18.2 Å². The second-order valence-corrected chi connectivity index (χ2v) is 6.36. The molecule has 0 aromatic carbocycles. The standard InChI is InChI=1S/C17H19N5O3S/c1-25-15-6-10(4-5-19-15)12-2-3-13(21-12)16(24)22-14(7-18)17-20-11(8-23)9-26-17/h2-6,9,14,21,23H,7-8,18H2,1H3,(H,22,24). The molecule has 136 valence electrons. The Bertz CT molecular complexity index is 892. The van der Waals surface area contributed by atoms with Crippen LogP contribution in [-0.2, 0) is 6.61 Å². The van der Waals surface area contributed by atoms with Crippen LogP contribution in [0.1, 0.15) is 27.2 Å². The van der Waals surface area contributed by atoms with E-state index in [4.69, 9.17) is 15.6 Å². The van der Waals surface area contributed by atoms with E-state index in [-0.39, 0.29) is 19.1 Å². The monoisotopic (exact) mass is 373 g/mol. The minimum atomic E-state index is -0.416. The predicted octanol–water partition coefficient (Wildman–Crippen LogP) is 1.46. The Kier molecular flexibility index (Phi) is 5.61. The molecular formula is C17H19N5O3S. The number of ether oxygens (including phenoxy) is 1. The molecule has 0 spiro atoms. The third-order valence-electron chi connectivity index (χ3n) is 3.76. The zero-order chi connectivity index (χ0) is 18.5. The van der Waals surface area contributed by atoms with E-state index in [1.807, 2.05) is 12.1 Å². The van der Waals surface area contributed by atoms with E-state index in [2.05, 4.69) is 20.3 Å². The Balaban J connectivity index is 1.74. The van der Waals surface area contributed by atoms with Crippen molar-refractivity contribution in [1.29, 1.82) is 0 Å². The second kappa shape index (κ2) is 8.09. The van der Waals surface area contributed by atoms with Crippen molar-refractivity contribution in [2.24, 2.45) is 5.73 Å². The van der Waals surface area contributed by atoms with Gasteiger partial charge in [-0.2, -0.15) is 0 Å². The molecule has 8 nitrogen and oxygen atoms in total. The lowest BCUT2D eigenvalue weighted by molar-refractivity contribution is 0.0933. The fraction of sp³-hybridized carbons (Fsp3) is 0.235. The summed E-state index contributed by atoms with van der Waals surface area (Å²) >= 11 is 1.35. The number of nitrogens with two attached hydrogens (primary N) is 1. The molecule has 26 heavy (non-hydrogen) atoms. The van der Waals surface area contributed by atoms with Gasteiger partial charge in [-0.3, -0.25) is 4.79 Å². The molecule has 0 saturated carbocycles. The number of aromatic amines is 1. The van der Waals surface area contributed by atoms with Crippen molar-refractivity contribution in [2.75, 3.05) is 13.7 Å². The normalized spacial score (nSPS) is 12.0. The third kappa shape index (κ3) is 3.90. The number of rotatable bonds is 7. The predicted molar refractivity (Wildman–Crippen MR) is 97.9 cm³/mol. The first kappa shape index (κ1) is 18.1. The minimum Gasteiger partial charge on any atom is -0.481 e. The van der Waals surface area contributed by atoms with Crippen LogP contribution in [0.3, 0.4) is 0 Å². The zero-order valence-electron chi connectivity index (χ0n) is 14.1. The van der Waals surface area contributed by atoms with Crippen LogP contribution in [0.15, 0.2) is 35.8 Å². The van der Waals surface area contributed by atoms with E-state index in [1.54, 1.807) is 30.8 Å². The van der Waals surface area contributed by atoms with Crippen LogP contribution in [-0.4, -0.2) is 39.6 Å². The molecule has 0 aliphatic rings. The summed E-state index contributed by atoms with van der Waals surface area (Å²) in [4.78, 5) is 23.9. The van der Waals surface area contributed by atoms with Crippen LogP contribution >= 0.6 is 11.3 Å². The molecule has 1 amide bonds. The first-order valence-corrected chi connectivity index (χ1v) is 8.78. The minimum absolute atomic E-state index is 0.142. The lowest BCUT2D eigenvalue weighted by Crippen LogP contribution is -2.33. The van der Waals surface area contributed by atoms with Crippen molar-refractivity contribution >= 4 is 17.2 Å². The maximum Gasteiger partial charge on any atom is 0.268 e. The molecular weight excluding hydrogens is 354 g/mol. The fourth-order valence-corrected chi connectivity index (χ4v) is 3.27. The quantitative estimate of drug-likeness (QED) is 0.497. The number of thiazole rings is 1. The molecule has 3 rings (SSSR count). The molecule has 0 saturated heterocycles. The van der Waals surface area contributed by atoms with Crippen molar-refractivity contribution in [3.8, 4) is 17.1 Å². The number of nitrogens with one attached hydrogen (secondary N) is 2. The average molecular weight is 373 g/mol. The number of carbonyl (C=O) groups is 1. The Morgan fingerprint density at radius 1 is 1.46 bits per heavy atom. The van der Waals surface area contributed by atoms with Crippen molar-refractivity contribution < 1.29 is 14.6 Å². The largest absolute Gasteiger partial charge is 0.481 e. The summed E-state index contributed by atoms with van der Waals surface area (Å²) in [6.07, 6.45) is 1.64. The average Bonchev–Trinajstić information content (AvgIpc) is 3.35. The summed E-state index contributed by atoms with van der Waals surface area (Å²) in [6.45, 7) is 0.0658. The summed E-state index contributed by atoms with van der Waals surface area (Å²) in [7, 11) is 1.55. The Hall–Kier alpha value is -2.75. The van der Waals surface area contributed by atoms with Gasteiger partial charge in [0, 0.05) is 35.4 Å². The topological polar surface area (TPSA) is 126 Å². The summed E-state index contributed by atoms with van der Waals surface area (Å²) in [5, 5.41) is 14.4. The second-order valence-electron chi connectivity index (χ2n) is 5.47. The summed E-state index contributed by atoms with van der Waals surface area (Å²) in [6, 6.07) is 6.70. The molecule has 1 atom stereocenters. The maximum absolute atomic E-state index is 12.5. The fourth-order valence-electron chi connectivity index (χ4n) is 2.40. The van der Waals surface area contributed by atoms with Crippen molar-refractivity contribution in [2.45, 2.75) is 12.6 Å². The van der Waals surface area contributed by atoms with Gasteiger partial charge in [-0.25, -0.2) is 9.97 Å². The van der Waals surface area contributed by atoms with Crippen molar-refractivity contribution in [3.63, 3.8) is 0 Å². The highest BCUT2D eigenvalue weighted by Gasteiger charge is 2.19. The molecule has 3 aromatic rings. The van der Waals surface area contributed by atoms with Crippen LogP contribution in [0.2, 0.25) is 0 Å². The Morgan fingerprint density at radius 3 is 3.00 bits per heavy atom. The van der Waals surface area contributed by atoms with Gasteiger partial charge in [-0.1, -0.05) is 0 Å². The van der Waals surface area contributed by atoms with E-state index in [0.717, 1.165) is 11.3 Å². The maximum atomic E-state index is 12.5. The first-order chi connectivity index (χ1) is 12.6. The van der Waals surface area contributed by atoms with Crippen LogP contribution in [0.25, 0.3) is 11.3 Å². The van der Waals surface area contributed by atoms with Crippen LogP contribution in [0.5, 0.6) is 5.88 Å². The summed E-state index contributed by atoms with van der Waals surface area (Å²) < 4.78 is 5.12. The Morgan fingerprint density at radius 2 is 2.31 bits per heavy atom. The molecule has 3 heterocycles. The molecule has 0 fully saturated rings. The number of aliphatic hydroxyl groups is 1. The number of H-pyrrole nitrogens is 1. The number of carbonyl (C=O) groups excluding carboxylic acids is 1. The van der Waals surface area contributed by atoms with E-state index in [1.165, 1.54) is 11.3 Å². The summed E-state index contributed by atoms with van der Waals surface area (Å²) in [5.74, 6) is 0.211. The molecule has 5 N–H and O–H groups in total. The van der Waals surface area contributed by atoms with E-state index >= 15 is 0 Å². The molecule has 0 radical (unpaired) electrons. The number of amides is 1. The number of nitrogens with zero attached hydrogens (tertiary/aromatic N) is 2. The molecule has 3 aromatic heterocycles. The third-order valence-corrected chi connectivity index (χ3v) is 4.76. The lowest BCUT2D eigenvalue weighted by atomic mass is 10.2. The van der Waals surface area contributed by atoms with E-state index < -0.39 is 6.04 Å². The molecule has 0 bridgehead atoms. The smallest absolute Gasteiger partial charge is 0.268 e. The SMILES string of the molecule is COc1cc(-c2ccc(C(=O)NC(CN)c3nc(CO)cs3)[nH]2)ccn1. The van der Waals surface area contributed by atoms with Crippen molar-refractivity contribution in [1.82, 2.24) is 20.3 Å². The van der Waals surface area contributed by atoms with Crippen LogP contribution in [0, 0.1) is 0 Å². The van der Waals surface area contributed by atoms with E-state index in [9.17, 15) is 4.79 Å². The van der Waals surface area contributed by atoms with Gasteiger partial charge in [-0.15, -0.1) is 11.3 Å². The summed E-state index contributed by atoms with van der Waals surface area (Å²) in [5.41, 5.74) is 8.38. The molecule has 0 aliphatic carbocycles. The number of methoxy groups -OCH3 is 1. The van der Waals surface area contributed by atoms with Crippen LogP contribution < -0.4 is 15.8 Å². The molecule has 1 unspecified atom stereocenters. The van der Waals surface area contributed by atoms with Gasteiger partial charge in [0.1, 0.15) is 10.7 Å². The number of pyridine rings is 1. The van der Waals surface area contributed by atoms with Crippen molar-refractivity contribution in [3.05, 3.63) is 52.2 Å². The number of hydrogen-bond acceptors (Lipinski definition) is 7. The van der Waals surface area contributed by atoms with Gasteiger partial charge in [0.05, 0.1) is 25.5 Å². The van der Waals surface area contributed by atoms with Gasteiger partial charge in [0.2, 0.25) is 5.88 Å². The van der Waals surface area contributed by atoms with Gasteiger partial charge in [0.15, 0.2) is 0 Å². The number of hydrogen-bond donors (Lipinski definition) is 4.